The maximum absolute atomic E-state index is 11.2. The Bertz CT molecular complexity index is 625. The average molecular weight is 356 g/mol. The van der Waals surface area contributed by atoms with Crippen molar-refractivity contribution in [2.75, 3.05) is 19.1 Å². The molecule has 1 atom stereocenters. The Kier molecular flexibility index (Phi) is 8.04. The molecule has 0 aliphatic rings. The molecule has 6 nitrogen and oxygen atoms in total. The molecule has 0 spiro atoms. The molecule has 0 amide bonds. The molecule has 1 aromatic carbocycles. The topological polar surface area (TPSA) is 79.8 Å². The lowest BCUT2D eigenvalue weighted by atomic mass is 10.2. The number of benzene rings is 1. The van der Waals surface area contributed by atoms with Crippen molar-refractivity contribution in [1.82, 2.24) is 10.6 Å². The number of hydrogen-bond acceptors (Lipinski definition) is 4. The van der Waals surface area contributed by atoms with Crippen LogP contribution in [0, 0.1) is 0 Å². The maximum Gasteiger partial charge on any atom is 0.191 e. The number of rotatable bonds is 8. The first-order chi connectivity index (χ1) is 11.2. The molecule has 0 heterocycles. The minimum Gasteiger partial charge on any atom is -0.491 e. The third kappa shape index (κ3) is 8.76. The van der Waals surface area contributed by atoms with Crippen molar-refractivity contribution in [2.24, 2.45) is 4.99 Å². The summed E-state index contributed by atoms with van der Waals surface area (Å²) in [5.41, 5.74) is 1.11. The lowest BCUT2D eigenvalue weighted by molar-refractivity contribution is 0.242. The van der Waals surface area contributed by atoms with Crippen LogP contribution >= 0.6 is 0 Å². The molecule has 136 valence electrons. The molecule has 2 N–H and O–H groups in total. The van der Waals surface area contributed by atoms with E-state index in [2.05, 4.69) is 15.6 Å². The van der Waals surface area contributed by atoms with Gasteiger partial charge in [0.25, 0.3) is 0 Å². The number of hydrogen-bond donors (Lipinski definition) is 2. The second-order valence-corrected chi connectivity index (χ2v) is 8.46. The van der Waals surface area contributed by atoms with E-state index in [0.29, 0.717) is 18.9 Å². The van der Waals surface area contributed by atoms with Gasteiger partial charge in [0.1, 0.15) is 15.6 Å². The Balaban J connectivity index is 2.46. The number of aliphatic imine (C=N–C) groups is 1. The van der Waals surface area contributed by atoms with Crippen LogP contribution in [0.25, 0.3) is 0 Å². The van der Waals surface area contributed by atoms with Gasteiger partial charge < -0.3 is 15.4 Å². The number of sulfone groups is 1. The Morgan fingerprint density at radius 3 is 2.33 bits per heavy atom. The fourth-order valence-electron chi connectivity index (χ4n) is 2.03. The molecular weight excluding hydrogens is 326 g/mol. The fourth-order valence-corrected chi connectivity index (χ4v) is 2.82. The molecule has 0 saturated heterocycles. The Morgan fingerprint density at radius 1 is 1.21 bits per heavy atom. The van der Waals surface area contributed by atoms with E-state index < -0.39 is 9.84 Å². The van der Waals surface area contributed by atoms with Gasteiger partial charge in [-0.05, 0) is 44.9 Å². The molecule has 1 rings (SSSR count). The van der Waals surface area contributed by atoms with Gasteiger partial charge in [-0.2, -0.15) is 0 Å². The maximum atomic E-state index is 11.2. The van der Waals surface area contributed by atoms with Crippen LogP contribution in [0.2, 0.25) is 0 Å². The zero-order valence-electron chi connectivity index (χ0n) is 15.2. The van der Waals surface area contributed by atoms with Crippen molar-refractivity contribution >= 4 is 15.8 Å². The molecule has 0 fully saturated rings. The monoisotopic (exact) mass is 355 g/mol. The zero-order valence-corrected chi connectivity index (χ0v) is 16.0. The van der Waals surface area contributed by atoms with Gasteiger partial charge in [0, 0.05) is 25.9 Å². The molecule has 0 radical (unpaired) electrons. The van der Waals surface area contributed by atoms with E-state index >= 15 is 0 Å². The molecule has 0 aromatic heterocycles. The summed E-state index contributed by atoms with van der Waals surface area (Å²) in [6, 6.07) is 7.92. The molecule has 24 heavy (non-hydrogen) atoms. The Hall–Kier alpha value is -1.76. The van der Waals surface area contributed by atoms with E-state index in [-0.39, 0.29) is 17.9 Å². The first kappa shape index (κ1) is 20.3. The lowest BCUT2D eigenvalue weighted by Gasteiger charge is -2.18. The highest BCUT2D eigenvalue weighted by molar-refractivity contribution is 7.90. The van der Waals surface area contributed by atoms with Crippen molar-refractivity contribution in [1.29, 1.82) is 0 Å². The van der Waals surface area contributed by atoms with Crippen LogP contribution in [-0.4, -0.2) is 45.6 Å². The molecule has 0 aliphatic heterocycles. The van der Waals surface area contributed by atoms with Gasteiger partial charge in [-0.3, -0.25) is 4.99 Å². The van der Waals surface area contributed by atoms with Crippen LogP contribution < -0.4 is 15.4 Å². The highest BCUT2D eigenvalue weighted by atomic mass is 32.2. The Morgan fingerprint density at radius 2 is 1.83 bits per heavy atom. The van der Waals surface area contributed by atoms with Crippen LogP contribution in [0.3, 0.4) is 0 Å². The lowest BCUT2D eigenvalue weighted by Crippen LogP contribution is -2.42. The molecule has 1 unspecified atom stereocenters. The predicted octanol–water partition coefficient (Wildman–Crippen LogP) is 1.96. The summed E-state index contributed by atoms with van der Waals surface area (Å²) in [6.07, 6.45) is 1.95. The average Bonchev–Trinajstić information content (AvgIpc) is 2.49. The molecule has 0 saturated carbocycles. The second kappa shape index (κ2) is 9.52. The number of ether oxygens (including phenoxy) is 1. The summed E-state index contributed by atoms with van der Waals surface area (Å²) in [6.45, 7) is 6.56. The smallest absolute Gasteiger partial charge is 0.191 e. The van der Waals surface area contributed by atoms with E-state index in [0.717, 1.165) is 11.3 Å². The first-order valence-electron chi connectivity index (χ1n) is 8.10. The highest BCUT2D eigenvalue weighted by Crippen LogP contribution is 2.13. The van der Waals surface area contributed by atoms with Crippen LogP contribution in [0.4, 0.5) is 0 Å². The summed E-state index contributed by atoms with van der Waals surface area (Å²) < 4.78 is 28.0. The van der Waals surface area contributed by atoms with Gasteiger partial charge in [-0.1, -0.05) is 12.1 Å². The number of nitrogens with zero attached hydrogens (tertiary/aromatic N) is 1. The van der Waals surface area contributed by atoms with Crippen molar-refractivity contribution < 1.29 is 13.2 Å². The molecule has 0 bridgehead atoms. The minimum atomic E-state index is -2.94. The van der Waals surface area contributed by atoms with E-state index in [1.807, 2.05) is 45.0 Å². The largest absolute Gasteiger partial charge is 0.491 e. The molecule has 0 aliphatic carbocycles. The normalized spacial score (nSPS) is 13.7. The van der Waals surface area contributed by atoms with E-state index in [1.165, 1.54) is 6.26 Å². The standard InChI is InChI=1S/C17H29N3O3S/c1-13(2)23-16-8-6-15(7-9-16)12-19-17(18-4)20-14(3)10-11-24(5,21)22/h6-9,13-14H,10-12H2,1-5H3,(H2,18,19,20). The van der Waals surface area contributed by atoms with Crippen LogP contribution in [0.5, 0.6) is 5.75 Å². The summed E-state index contributed by atoms with van der Waals surface area (Å²) >= 11 is 0. The second-order valence-electron chi connectivity index (χ2n) is 6.20. The summed E-state index contributed by atoms with van der Waals surface area (Å²) in [5, 5.41) is 6.42. The number of nitrogens with one attached hydrogen (secondary N) is 2. The van der Waals surface area contributed by atoms with Crippen molar-refractivity contribution in [2.45, 2.75) is 45.9 Å². The summed E-state index contributed by atoms with van der Waals surface area (Å²) in [4.78, 5) is 4.16. The molecule has 1 aromatic rings. The fraction of sp³-hybridized carbons (Fsp3) is 0.588. The quantitative estimate of drug-likeness (QED) is 0.550. The van der Waals surface area contributed by atoms with Crippen molar-refractivity contribution in [3.8, 4) is 5.75 Å². The molecule has 7 heteroatoms. The molecular formula is C17H29N3O3S. The third-order valence-corrected chi connectivity index (χ3v) is 4.26. The summed E-state index contributed by atoms with van der Waals surface area (Å²) in [5.74, 6) is 1.67. The first-order valence-corrected chi connectivity index (χ1v) is 10.2. The van der Waals surface area contributed by atoms with Crippen LogP contribution in [-0.2, 0) is 16.4 Å². The summed E-state index contributed by atoms with van der Waals surface area (Å²) in [7, 11) is -1.25. The van der Waals surface area contributed by atoms with Gasteiger partial charge in [0.15, 0.2) is 5.96 Å². The van der Waals surface area contributed by atoms with Gasteiger partial charge in [0.2, 0.25) is 0 Å². The van der Waals surface area contributed by atoms with Gasteiger partial charge in [-0.15, -0.1) is 0 Å². The highest BCUT2D eigenvalue weighted by Gasteiger charge is 2.09. The van der Waals surface area contributed by atoms with Crippen molar-refractivity contribution in [3.05, 3.63) is 29.8 Å². The zero-order chi connectivity index (χ0) is 18.2. The third-order valence-electron chi connectivity index (χ3n) is 3.28. The van der Waals surface area contributed by atoms with E-state index in [1.54, 1.807) is 7.05 Å². The number of guanidine groups is 1. The van der Waals surface area contributed by atoms with Gasteiger partial charge >= 0.3 is 0 Å². The minimum absolute atomic E-state index is 0.0211. The predicted molar refractivity (Wildman–Crippen MR) is 99.3 cm³/mol. The van der Waals surface area contributed by atoms with Gasteiger partial charge in [0.05, 0.1) is 11.9 Å². The Labute approximate surface area is 145 Å². The van der Waals surface area contributed by atoms with Crippen LogP contribution in [0.1, 0.15) is 32.8 Å². The van der Waals surface area contributed by atoms with E-state index in [9.17, 15) is 8.42 Å². The van der Waals surface area contributed by atoms with Crippen molar-refractivity contribution in [3.63, 3.8) is 0 Å². The van der Waals surface area contributed by atoms with Gasteiger partial charge in [-0.25, -0.2) is 8.42 Å². The SMILES string of the molecule is CN=C(NCc1ccc(OC(C)C)cc1)NC(C)CCS(C)(=O)=O. The van der Waals surface area contributed by atoms with E-state index in [4.69, 9.17) is 4.74 Å². The van der Waals surface area contributed by atoms with Crippen LogP contribution in [0.15, 0.2) is 29.3 Å².